The molecule has 5 heteroatoms. The summed E-state index contributed by atoms with van der Waals surface area (Å²) in [5.74, 6) is -0.253. The van der Waals surface area contributed by atoms with Crippen LogP contribution in [-0.4, -0.2) is 31.3 Å². The van der Waals surface area contributed by atoms with Crippen LogP contribution in [0.1, 0.15) is 43.7 Å². The van der Waals surface area contributed by atoms with Gasteiger partial charge in [-0.1, -0.05) is 55.3 Å². The Morgan fingerprint density at radius 2 is 1.68 bits per heavy atom. The average molecular weight is 380 g/mol. The van der Waals surface area contributed by atoms with E-state index in [9.17, 15) is 4.79 Å². The molecule has 1 aliphatic heterocycles. The fourth-order valence-corrected chi connectivity index (χ4v) is 3.32. The summed E-state index contributed by atoms with van der Waals surface area (Å²) < 4.78 is 5.43. The first-order valence-corrected chi connectivity index (χ1v) is 10.0. The van der Waals surface area contributed by atoms with Crippen molar-refractivity contribution in [3.05, 3.63) is 65.7 Å². The van der Waals surface area contributed by atoms with Crippen LogP contribution in [0.15, 0.2) is 59.7 Å². The zero-order valence-corrected chi connectivity index (χ0v) is 16.6. The Labute approximate surface area is 167 Å². The summed E-state index contributed by atoms with van der Waals surface area (Å²) in [6, 6.07) is 18.2. The molecule has 0 aliphatic carbocycles. The van der Waals surface area contributed by atoms with Gasteiger partial charge in [0, 0.05) is 18.8 Å². The molecule has 2 aromatic rings. The second kappa shape index (κ2) is 10.6. The maximum Gasteiger partial charge on any atom is 0.266 e. The molecule has 0 unspecified atom stereocenters. The Hall–Kier alpha value is -2.66. The SMILES string of the molecule is C/C(=N\NC(=O)COCc1ccccc1)c1ccc(N2CCCCCC2)cc1. The average Bonchev–Trinajstić information content (AvgIpc) is 3.02. The highest BCUT2D eigenvalue weighted by Gasteiger charge is 2.10. The number of carbonyl (C=O) groups is 1. The minimum absolute atomic E-state index is 0.0143. The van der Waals surface area contributed by atoms with Crippen molar-refractivity contribution < 1.29 is 9.53 Å². The number of hydrazone groups is 1. The van der Waals surface area contributed by atoms with Crippen LogP contribution in [0.5, 0.6) is 0 Å². The molecule has 28 heavy (non-hydrogen) atoms. The molecule has 1 aliphatic rings. The molecule has 0 bridgehead atoms. The number of rotatable bonds is 7. The Bertz CT molecular complexity index is 764. The van der Waals surface area contributed by atoms with E-state index in [2.05, 4.69) is 39.7 Å². The Morgan fingerprint density at radius 3 is 2.36 bits per heavy atom. The van der Waals surface area contributed by atoms with Crippen LogP contribution in [0, 0.1) is 0 Å². The van der Waals surface area contributed by atoms with Crippen LogP contribution < -0.4 is 10.3 Å². The molecule has 0 aromatic heterocycles. The number of ether oxygens (including phenoxy) is 1. The second-order valence-electron chi connectivity index (χ2n) is 7.16. The molecule has 1 fully saturated rings. The number of benzene rings is 2. The quantitative estimate of drug-likeness (QED) is 0.581. The third-order valence-corrected chi connectivity index (χ3v) is 4.95. The summed E-state index contributed by atoms with van der Waals surface area (Å²) in [5, 5.41) is 4.20. The van der Waals surface area contributed by atoms with Gasteiger partial charge in [-0.25, -0.2) is 5.43 Å². The van der Waals surface area contributed by atoms with Crippen molar-refractivity contribution in [1.82, 2.24) is 5.43 Å². The summed E-state index contributed by atoms with van der Waals surface area (Å²) in [4.78, 5) is 14.4. The molecule has 5 nitrogen and oxygen atoms in total. The lowest BCUT2D eigenvalue weighted by Gasteiger charge is -2.22. The van der Waals surface area contributed by atoms with Gasteiger partial charge in [-0.3, -0.25) is 4.79 Å². The zero-order chi connectivity index (χ0) is 19.6. The van der Waals surface area contributed by atoms with Gasteiger partial charge in [-0.15, -0.1) is 0 Å². The van der Waals surface area contributed by atoms with E-state index in [0.717, 1.165) is 29.9 Å². The minimum atomic E-state index is -0.253. The summed E-state index contributed by atoms with van der Waals surface area (Å²) in [6.07, 6.45) is 5.19. The van der Waals surface area contributed by atoms with Crippen molar-refractivity contribution in [2.75, 3.05) is 24.6 Å². The Kier molecular flexibility index (Phi) is 7.62. The molecule has 2 aromatic carbocycles. The lowest BCUT2D eigenvalue weighted by atomic mass is 10.1. The maximum absolute atomic E-state index is 11.9. The van der Waals surface area contributed by atoms with Gasteiger partial charge in [0.2, 0.25) is 0 Å². The monoisotopic (exact) mass is 379 g/mol. The first-order valence-electron chi connectivity index (χ1n) is 10.0. The second-order valence-corrected chi connectivity index (χ2v) is 7.16. The lowest BCUT2D eigenvalue weighted by molar-refractivity contribution is -0.126. The molecular weight excluding hydrogens is 350 g/mol. The van der Waals surface area contributed by atoms with Crippen LogP contribution in [0.25, 0.3) is 0 Å². The Balaban J connectivity index is 1.46. The first-order chi connectivity index (χ1) is 13.7. The van der Waals surface area contributed by atoms with Crippen molar-refractivity contribution in [3.8, 4) is 0 Å². The topological polar surface area (TPSA) is 53.9 Å². The molecular formula is C23H29N3O2. The van der Waals surface area contributed by atoms with Gasteiger partial charge in [-0.2, -0.15) is 5.10 Å². The molecule has 0 radical (unpaired) electrons. The molecule has 3 rings (SSSR count). The van der Waals surface area contributed by atoms with Gasteiger partial charge < -0.3 is 9.64 Å². The summed E-state index contributed by atoms with van der Waals surface area (Å²) in [6.45, 7) is 4.55. The Morgan fingerprint density at radius 1 is 1.00 bits per heavy atom. The molecule has 0 atom stereocenters. The van der Waals surface area contributed by atoms with E-state index in [-0.39, 0.29) is 12.5 Å². The smallest absolute Gasteiger partial charge is 0.266 e. The van der Waals surface area contributed by atoms with Gasteiger partial charge in [0.1, 0.15) is 6.61 Å². The largest absolute Gasteiger partial charge is 0.372 e. The predicted octanol–water partition coefficient (Wildman–Crippen LogP) is 4.12. The van der Waals surface area contributed by atoms with E-state index in [0.29, 0.717) is 6.61 Å². The number of nitrogens with one attached hydrogen (secondary N) is 1. The third kappa shape index (κ3) is 6.20. The van der Waals surface area contributed by atoms with E-state index < -0.39 is 0 Å². The van der Waals surface area contributed by atoms with Crippen LogP contribution in [0.3, 0.4) is 0 Å². The van der Waals surface area contributed by atoms with Crippen molar-refractivity contribution in [2.24, 2.45) is 5.10 Å². The zero-order valence-electron chi connectivity index (χ0n) is 16.6. The van der Waals surface area contributed by atoms with Gasteiger partial charge >= 0.3 is 0 Å². The number of amides is 1. The van der Waals surface area contributed by atoms with Crippen molar-refractivity contribution in [1.29, 1.82) is 0 Å². The van der Waals surface area contributed by atoms with E-state index in [1.54, 1.807) is 0 Å². The number of hydrogen-bond acceptors (Lipinski definition) is 4. The standard InChI is InChI=1S/C23H29N3O2/c1-19(24-25-23(27)18-28-17-20-9-5-4-6-10-20)21-11-13-22(14-12-21)26-15-7-2-3-8-16-26/h4-6,9-14H,2-3,7-8,15-18H2,1H3,(H,25,27)/b24-19+. The van der Waals surface area contributed by atoms with Gasteiger partial charge in [0.25, 0.3) is 5.91 Å². The van der Waals surface area contributed by atoms with Crippen molar-refractivity contribution in [3.63, 3.8) is 0 Å². The molecule has 148 valence electrons. The number of anilines is 1. The highest BCUT2D eigenvalue weighted by atomic mass is 16.5. The van der Waals surface area contributed by atoms with E-state index in [4.69, 9.17) is 4.74 Å². The van der Waals surface area contributed by atoms with E-state index >= 15 is 0 Å². The highest BCUT2D eigenvalue weighted by Crippen LogP contribution is 2.20. The number of nitrogens with zero attached hydrogens (tertiary/aromatic N) is 2. The van der Waals surface area contributed by atoms with Crippen LogP contribution in [0.2, 0.25) is 0 Å². The van der Waals surface area contributed by atoms with Gasteiger partial charge in [0.15, 0.2) is 0 Å². The van der Waals surface area contributed by atoms with Crippen molar-refractivity contribution in [2.45, 2.75) is 39.2 Å². The van der Waals surface area contributed by atoms with E-state index in [1.165, 1.54) is 31.4 Å². The highest BCUT2D eigenvalue weighted by molar-refractivity contribution is 5.99. The summed E-state index contributed by atoms with van der Waals surface area (Å²) >= 11 is 0. The van der Waals surface area contributed by atoms with Crippen LogP contribution in [0.4, 0.5) is 5.69 Å². The van der Waals surface area contributed by atoms with E-state index in [1.807, 2.05) is 37.3 Å². The summed E-state index contributed by atoms with van der Waals surface area (Å²) in [7, 11) is 0. The van der Waals surface area contributed by atoms with Crippen LogP contribution in [-0.2, 0) is 16.1 Å². The van der Waals surface area contributed by atoms with Crippen molar-refractivity contribution >= 4 is 17.3 Å². The molecule has 1 saturated heterocycles. The normalized spacial score (nSPS) is 15.2. The first kappa shape index (κ1) is 20.1. The van der Waals surface area contributed by atoms with Crippen LogP contribution >= 0.6 is 0 Å². The fraction of sp³-hybridized carbons (Fsp3) is 0.391. The summed E-state index contributed by atoms with van der Waals surface area (Å²) in [5.41, 5.74) is 6.65. The fourth-order valence-electron chi connectivity index (χ4n) is 3.32. The molecule has 0 spiro atoms. The maximum atomic E-state index is 11.9. The number of hydrogen-bond donors (Lipinski definition) is 1. The number of carbonyl (C=O) groups excluding carboxylic acids is 1. The minimum Gasteiger partial charge on any atom is -0.372 e. The predicted molar refractivity (Wildman–Crippen MR) is 114 cm³/mol. The molecule has 0 saturated carbocycles. The van der Waals surface area contributed by atoms with Gasteiger partial charge in [-0.05, 0) is 43.0 Å². The molecule has 1 amide bonds. The molecule has 1 heterocycles. The molecule has 1 N–H and O–H groups in total. The lowest BCUT2D eigenvalue weighted by Crippen LogP contribution is -2.24. The van der Waals surface area contributed by atoms with Gasteiger partial charge in [0.05, 0.1) is 12.3 Å². The third-order valence-electron chi connectivity index (χ3n) is 4.95.